The molecule has 84 valence electrons. The molecule has 16 heavy (non-hydrogen) atoms. The Morgan fingerprint density at radius 1 is 1.44 bits per heavy atom. The Labute approximate surface area is 93.2 Å². The van der Waals surface area contributed by atoms with Crippen LogP contribution in [0.25, 0.3) is 11.4 Å². The van der Waals surface area contributed by atoms with Gasteiger partial charge in [0.25, 0.3) is 0 Å². The predicted octanol–water partition coefficient (Wildman–Crippen LogP) is 1.29. The average molecular weight is 218 g/mol. The van der Waals surface area contributed by atoms with Gasteiger partial charge >= 0.3 is 0 Å². The highest BCUT2D eigenvalue weighted by molar-refractivity contribution is 5.52. The molecule has 0 aromatic carbocycles. The fraction of sp³-hybridized carbons (Fsp3) is 0.364. The van der Waals surface area contributed by atoms with Gasteiger partial charge in [0.1, 0.15) is 6.33 Å². The number of H-pyrrole nitrogens is 1. The van der Waals surface area contributed by atoms with E-state index in [0.29, 0.717) is 5.92 Å². The van der Waals surface area contributed by atoms with Gasteiger partial charge in [-0.05, 0) is 12.0 Å². The van der Waals surface area contributed by atoms with Crippen molar-refractivity contribution in [1.29, 1.82) is 0 Å². The predicted molar refractivity (Wildman–Crippen MR) is 60.9 cm³/mol. The first kappa shape index (κ1) is 10.6. The second-order valence-electron chi connectivity index (χ2n) is 4.14. The molecule has 0 unspecified atom stereocenters. The molecule has 0 saturated carbocycles. The van der Waals surface area contributed by atoms with E-state index < -0.39 is 0 Å². The number of nitrogens with zero attached hydrogens (tertiary/aromatic N) is 3. The van der Waals surface area contributed by atoms with Crippen molar-refractivity contribution in [2.45, 2.75) is 20.4 Å². The summed E-state index contributed by atoms with van der Waals surface area (Å²) in [6.07, 6.45) is 3.36. The summed E-state index contributed by atoms with van der Waals surface area (Å²) >= 11 is 0. The second-order valence-corrected chi connectivity index (χ2v) is 4.14. The Kier molecular flexibility index (Phi) is 2.85. The Morgan fingerprint density at radius 3 is 2.88 bits per heavy atom. The smallest absolute Gasteiger partial charge is 0.247 e. The molecule has 0 aliphatic rings. The quantitative estimate of drug-likeness (QED) is 0.844. The summed E-state index contributed by atoms with van der Waals surface area (Å²) in [7, 11) is 0. The van der Waals surface area contributed by atoms with Crippen LogP contribution < -0.4 is 5.56 Å². The van der Waals surface area contributed by atoms with E-state index in [-0.39, 0.29) is 5.56 Å². The molecule has 0 fully saturated rings. The zero-order valence-corrected chi connectivity index (χ0v) is 9.34. The van der Waals surface area contributed by atoms with E-state index in [1.54, 1.807) is 18.6 Å². The van der Waals surface area contributed by atoms with Gasteiger partial charge in [-0.15, -0.1) is 10.2 Å². The molecule has 1 N–H and O–H groups in total. The Balaban J connectivity index is 2.36. The molecular formula is C11H14N4O. The third-order valence-corrected chi connectivity index (χ3v) is 2.22. The van der Waals surface area contributed by atoms with Gasteiger partial charge < -0.3 is 9.55 Å². The molecule has 0 amide bonds. The summed E-state index contributed by atoms with van der Waals surface area (Å²) in [5.74, 6) is 1.31. The molecule has 2 aromatic heterocycles. The zero-order valence-electron chi connectivity index (χ0n) is 9.34. The van der Waals surface area contributed by atoms with Crippen molar-refractivity contribution in [3.8, 4) is 11.4 Å². The maximum atomic E-state index is 11.0. The van der Waals surface area contributed by atoms with E-state index in [4.69, 9.17) is 0 Å². The van der Waals surface area contributed by atoms with Crippen LogP contribution in [0.15, 0.2) is 29.5 Å². The molecule has 5 nitrogen and oxygen atoms in total. The molecule has 0 aliphatic heterocycles. The van der Waals surface area contributed by atoms with Crippen LogP contribution >= 0.6 is 0 Å². The van der Waals surface area contributed by atoms with E-state index in [9.17, 15) is 4.79 Å². The summed E-state index contributed by atoms with van der Waals surface area (Å²) in [5.41, 5.74) is 0.761. The Morgan fingerprint density at radius 2 is 2.25 bits per heavy atom. The summed E-state index contributed by atoms with van der Waals surface area (Å²) < 4.78 is 1.98. The SMILES string of the molecule is CC(C)Cn1cnnc1-c1ccc(=O)[nH]c1. The standard InChI is InChI=1S/C11H14N4O/c1-8(2)6-15-7-13-14-11(15)9-3-4-10(16)12-5-9/h3-5,7-8H,6H2,1-2H3,(H,12,16). The van der Waals surface area contributed by atoms with Crippen LogP contribution in [0.5, 0.6) is 0 Å². The summed E-state index contributed by atoms with van der Waals surface area (Å²) in [6, 6.07) is 3.24. The molecular weight excluding hydrogens is 204 g/mol. The van der Waals surface area contributed by atoms with Gasteiger partial charge in [0.05, 0.1) is 0 Å². The number of rotatable bonds is 3. The Hall–Kier alpha value is -1.91. The molecule has 2 aromatic rings. The second kappa shape index (κ2) is 4.30. The number of aromatic nitrogens is 4. The lowest BCUT2D eigenvalue weighted by molar-refractivity contribution is 0.525. The molecule has 0 aliphatic carbocycles. The largest absolute Gasteiger partial charge is 0.328 e. The first-order valence-corrected chi connectivity index (χ1v) is 5.23. The highest BCUT2D eigenvalue weighted by atomic mass is 16.1. The van der Waals surface area contributed by atoms with Gasteiger partial charge in [0.15, 0.2) is 5.82 Å². The van der Waals surface area contributed by atoms with Crippen LogP contribution in [-0.4, -0.2) is 19.7 Å². The number of hydrogen-bond acceptors (Lipinski definition) is 3. The van der Waals surface area contributed by atoms with Crippen molar-refractivity contribution in [3.05, 3.63) is 35.0 Å². The zero-order chi connectivity index (χ0) is 11.5. The van der Waals surface area contributed by atoms with Crippen LogP contribution in [0.1, 0.15) is 13.8 Å². The van der Waals surface area contributed by atoms with Gasteiger partial charge in [-0.25, -0.2) is 0 Å². The van der Waals surface area contributed by atoms with Crippen LogP contribution in [0.4, 0.5) is 0 Å². The normalized spacial score (nSPS) is 10.9. The topological polar surface area (TPSA) is 63.6 Å². The van der Waals surface area contributed by atoms with E-state index in [1.807, 2.05) is 4.57 Å². The van der Waals surface area contributed by atoms with Crippen LogP contribution in [-0.2, 0) is 6.54 Å². The third-order valence-electron chi connectivity index (χ3n) is 2.22. The van der Waals surface area contributed by atoms with Crippen molar-refractivity contribution in [2.75, 3.05) is 0 Å². The van der Waals surface area contributed by atoms with Crippen LogP contribution in [0, 0.1) is 5.92 Å². The molecule has 0 saturated heterocycles. The lowest BCUT2D eigenvalue weighted by Crippen LogP contribution is -2.07. The maximum Gasteiger partial charge on any atom is 0.247 e. The van der Waals surface area contributed by atoms with Crippen molar-refractivity contribution < 1.29 is 0 Å². The molecule has 0 atom stereocenters. The monoisotopic (exact) mass is 218 g/mol. The summed E-state index contributed by atoms with van der Waals surface area (Å²) in [5, 5.41) is 7.96. The number of nitrogens with one attached hydrogen (secondary N) is 1. The van der Waals surface area contributed by atoms with E-state index >= 15 is 0 Å². The minimum Gasteiger partial charge on any atom is -0.328 e. The Bertz CT molecular complexity index is 506. The van der Waals surface area contributed by atoms with Crippen molar-refractivity contribution >= 4 is 0 Å². The van der Waals surface area contributed by atoms with Crippen molar-refractivity contribution in [3.63, 3.8) is 0 Å². The number of pyridine rings is 1. The van der Waals surface area contributed by atoms with Gasteiger partial charge in [0.2, 0.25) is 5.56 Å². The first-order chi connectivity index (χ1) is 7.66. The molecule has 0 spiro atoms. The van der Waals surface area contributed by atoms with Gasteiger partial charge in [-0.3, -0.25) is 4.79 Å². The fourth-order valence-electron chi connectivity index (χ4n) is 1.56. The number of aromatic amines is 1. The number of hydrogen-bond donors (Lipinski definition) is 1. The lowest BCUT2D eigenvalue weighted by atomic mass is 10.2. The highest BCUT2D eigenvalue weighted by Crippen LogP contribution is 2.14. The van der Waals surface area contributed by atoms with Gasteiger partial charge in [-0.2, -0.15) is 0 Å². The molecule has 0 radical (unpaired) electrons. The third kappa shape index (κ3) is 2.18. The maximum absolute atomic E-state index is 11.0. The van der Waals surface area contributed by atoms with Gasteiger partial charge in [-0.1, -0.05) is 13.8 Å². The minimum absolute atomic E-state index is 0.112. The minimum atomic E-state index is -0.112. The molecule has 2 rings (SSSR count). The van der Waals surface area contributed by atoms with Crippen LogP contribution in [0.2, 0.25) is 0 Å². The first-order valence-electron chi connectivity index (χ1n) is 5.23. The summed E-state index contributed by atoms with van der Waals surface area (Å²) in [4.78, 5) is 13.6. The fourth-order valence-corrected chi connectivity index (χ4v) is 1.56. The summed E-state index contributed by atoms with van der Waals surface area (Å²) in [6.45, 7) is 5.13. The van der Waals surface area contributed by atoms with Crippen molar-refractivity contribution in [1.82, 2.24) is 19.7 Å². The van der Waals surface area contributed by atoms with E-state index in [0.717, 1.165) is 17.9 Å². The highest BCUT2D eigenvalue weighted by Gasteiger charge is 2.08. The van der Waals surface area contributed by atoms with Gasteiger partial charge in [0, 0.05) is 24.4 Å². The molecule has 0 bridgehead atoms. The van der Waals surface area contributed by atoms with Crippen LogP contribution in [0.3, 0.4) is 0 Å². The van der Waals surface area contributed by atoms with Crippen molar-refractivity contribution in [2.24, 2.45) is 5.92 Å². The average Bonchev–Trinajstić information content (AvgIpc) is 2.66. The van der Waals surface area contributed by atoms with E-state index in [1.165, 1.54) is 6.07 Å². The van der Waals surface area contributed by atoms with E-state index in [2.05, 4.69) is 29.0 Å². The molecule has 5 heteroatoms. The lowest BCUT2D eigenvalue weighted by Gasteiger charge is -2.08. The molecule has 2 heterocycles.